The van der Waals surface area contributed by atoms with E-state index in [4.69, 9.17) is 4.74 Å². The van der Waals surface area contributed by atoms with Gasteiger partial charge in [-0.3, -0.25) is 14.8 Å². The van der Waals surface area contributed by atoms with Gasteiger partial charge in [-0.25, -0.2) is 4.39 Å². The highest BCUT2D eigenvalue weighted by Gasteiger charge is 2.29. The molecule has 3 aromatic carbocycles. The number of aromatic nitrogens is 2. The minimum atomic E-state index is -0.330. The van der Waals surface area contributed by atoms with Crippen LogP contribution < -0.4 is 15.0 Å². The third kappa shape index (κ3) is 4.04. The quantitative estimate of drug-likeness (QED) is 0.324. The average Bonchev–Trinajstić information content (AvgIpc) is 3.21. The first-order valence-corrected chi connectivity index (χ1v) is 11.1. The number of hydrogen-bond donors (Lipinski definition) is 1. The van der Waals surface area contributed by atoms with E-state index in [1.807, 2.05) is 42.5 Å². The number of carbonyl (C=O) groups excluding carboxylic acids is 1. The molecule has 0 spiro atoms. The molecule has 0 bridgehead atoms. The summed E-state index contributed by atoms with van der Waals surface area (Å²) in [5.41, 5.74) is 4.46. The zero-order valence-electron chi connectivity index (χ0n) is 18.5. The van der Waals surface area contributed by atoms with Gasteiger partial charge in [0.1, 0.15) is 17.3 Å². The number of nitrogens with zero attached hydrogens (tertiary/aromatic N) is 3. The molecule has 170 valence electrons. The lowest BCUT2D eigenvalue weighted by Crippen LogP contribution is -2.22. The van der Waals surface area contributed by atoms with Crippen molar-refractivity contribution in [3.05, 3.63) is 114 Å². The van der Waals surface area contributed by atoms with Gasteiger partial charge in [-0.15, -0.1) is 0 Å². The first-order valence-electron chi connectivity index (χ1n) is 11.1. The van der Waals surface area contributed by atoms with Crippen molar-refractivity contribution in [3.8, 4) is 11.5 Å². The summed E-state index contributed by atoms with van der Waals surface area (Å²) in [6, 6.07) is 23.0. The number of halogens is 1. The third-order valence-corrected chi connectivity index (χ3v) is 5.91. The van der Waals surface area contributed by atoms with Crippen LogP contribution in [-0.2, 0) is 6.54 Å². The van der Waals surface area contributed by atoms with E-state index in [1.54, 1.807) is 47.8 Å². The molecule has 0 unspecified atom stereocenters. The Bertz CT molecular complexity index is 1570. The van der Waals surface area contributed by atoms with Crippen LogP contribution in [0.1, 0.15) is 15.9 Å². The predicted octanol–water partition coefficient (Wildman–Crippen LogP) is 6.47. The van der Waals surface area contributed by atoms with E-state index in [-0.39, 0.29) is 11.7 Å². The number of amides is 1. The average molecular weight is 462 g/mol. The molecule has 6 nitrogen and oxygen atoms in total. The Hall–Kier alpha value is -4.78. The van der Waals surface area contributed by atoms with Gasteiger partial charge in [0.15, 0.2) is 0 Å². The van der Waals surface area contributed by atoms with Crippen molar-refractivity contribution in [2.45, 2.75) is 6.54 Å². The molecule has 7 heteroatoms. The summed E-state index contributed by atoms with van der Waals surface area (Å²) in [5, 5.41) is 3.99. The van der Waals surface area contributed by atoms with Gasteiger partial charge in [0.2, 0.25) is 0 Å². The minimum Gasteiger partial charge on any atom is -0.457 e. The molecular weight excluding hydrogens is 443 g/mol. The molecular formula is C28H19FN4O2. The molecule has 1 aliphatic rings. The minimum absolute atomic E-state index is 0.0876. The van der Waals surface area contributed by atoms with E-state index in [2.05, 4.69) is 15.3 Å². The fourth-order valence-corrected chi connectivity index (χ4v) is 4.23. The normalized spacial score (nSPS) is 12.6. The van der Waals surface area contributed by atoms with E-state index in [1.165, 1.54) is 12.1 Å². The maximum absolute atomic E-state index is 13.8. The highest BCUT2D eigenvalue weighted by atomic mass is 19.1. The molecule has 0 saturated carbocycles. The molecule has 5 aromatic rings. The number of rotatable bonds is 5. The number of nitrogens with one attached hydrogen (secondary N) is 1. The van der Waals surface area contributed by atoms with Crippen molar-refractivity contribution in [2.75, 3.05) is 10.2 Å². The van der Waals surface area contributed by atoms with Crippen molar-refractivity contribution in [2.24, 2.45) is 0 Å². The predicted molar refractivity (Wildman–Crippen MR) is 133 cm³/mol. The van der Waals surface area contributed by atoms with Crippen LogP contribution in [0, 0.1) is 5.82 Å². The number of ether oxygens (including phenoxy) is 1. The summed E-state index contributed by atoms with van der Waals surface area (Å²) < 4.78 is 19.7. The second-order valence-corrected chi connectivity index (χ2v) is 8.19. The number of pyridine rings is 2. The van der Waals surface area contributed by atoms with Crippen LogP contribution in [0.25, 0.3) is 10.9 Å². The van der Waals surface area contributed by atoms with Crippen LogP contribution in [0.4, 0.5) is 21.5 Å². The molecule has 0 atom stereocenters. The van der Waals surface area contributed by atoms with Gasteiger partial charge >= 0.3 is 0 Å². The van der Waals surface area contributed by atoms with E-state index in [0.29, 0.717) is 34.5 Å². The van der Waals surface area contributed by atoms with Gasteiger partial charge in [-0.1, -0.05) is 12.1 Å². The molecule has 0 radical (unpaired) electrons. The lowest BCUT2D eigenvalue weighted by atomic mass is 10.1. The van der Waals surface area contributed by atoms with Crippen LogP contribution in [0.2, 0.25) is 0 Å². The molecule has 0 saturated heterocycles. The standard InChI is InChI=1S/C28H19FN4O2/c29-19-5-7-26-25(14-19)27(10-13-31-26)32-20-6-4-18-17-33(28(34)24(18)15-20)21-2-1-3-23(16-21)35-22-8-11-30-12-9-22/h1-16H,17H2,(H,31,32). The maximum atomic E-state index is 13.8. The first-order chi connectivity index (χ1) is 17.1. The van der Waals surface area contributed by atoms with Crippen LogP contribution in [0.3, 0.4) is 0 Å². The fraction of sp³-hybridized carbons (Fsp3) is 0.0357. The number of hydrogen-bond acceptors (Lipinski definition) is 5. The summed E-state index contributed by atoms with van der Waals surface area (Å²) in [6.07, 6.45) is 5.00. The van der Waals surface area contributed by atoms with E-state index < -0.39 is 0 Å². The topological polar surface area (TPSA) is 67.4 Å². The van der Waals surface area contributed by atoms with Crippen LogP contribution in [0.5, 0.6) is 11.5 Å². The van der Waals surface area contributed by atoms with Gasteiger partial charge in [0.25, 0.3) is 5.91 Å². The van der Waals surface area contributed by atoms with Gasteiger partial charge in [-0.2, -0.15) is 0 Å². The van der Waals surface area contributed by atoms with Gasteiger partial charge < -0.3 is 15.0 Å². The summed E-state index contributed by atoms with van der Waals surface area (Å²) in [6.45, 7) is 0.469. The van der Waals surface area contributed by atoms with E-state index in [0.717, 1.165) is 22.6 Å². The molecule has 3 heterocycles. The van der Waals surface area contributed by atoms with Crippen molar-refractivity contribution >= 4 is 33.9 Å². The molecule has 1 amide bonds. The molecule has 1 aliphatic heterocycles. The number of benzene rings is 3. The Morgan fingerprint density at radius 1 is 0.886 bits per heavy atom. The number of anilines is 3. The van der Waals surface area contributed by atoms with Gasteiger partial charge in [0, 0.05) is 52.7 Å². The Kier molecular flexibility index (Phi) is 5.07. The second kappa shape index (κ2) is 8.53. The molecule has 0 fully saturated rings. The Morgan fingerprint density at radius 3 is 2.66 bits per heavy atom. The summed E-state index contributed by atoms with van der Waals surface area (Å²) in [7, 11) is 0. The van der Waals surface area contributed by atoms with Crippen molar-refractivity contribution in [3.63, 3.8) is 0 Å². The Labute approximate surface area is 200 Å². The smallest absolute Gasteiger partial charge is 0.259 e. The SMILES string of the molecule is O=C1c2cc(Nc3ccnc4ccc(F)cc34)ccc2CN1c1cccc(Oc2ccncc2)c1. The Morgan fingerprint density at radius 2 is 1.77 bits per heavy atom. The molecule has 6 rings (SSSR count). The third-order valence-electron chi connectivity index (χ3n) is 5.91. The van der Waals surface area contributed by atoms with Crippen molar-refractivity contribution in [1.29, 1.82) is 0 Å². The number of carbonyl (C=O) groups is 1. The molecule has 0 aliphatic carbocycles. The van der Waals surface area contributed by atoms with Crippen LogP contribution in [0.15, 0.2) is 97.5 Å². The molecule has 35 heavy (non-hydrogen) atoms. The van der Waals surface area contributed by atoms with E-state index >= 15 is 0 Å². The van der Waals surface area contributed by atoms with Crippen LogP contribution in [-0.4, -0.2) is 15.9 Å². The fourth-order valence-electron chi connectivity index (χ4n) is 4.23. The van der Waals surface area contributed by atoms with Gasteiger partial charge in [0.05, 0.1) is 12.1 Å². The van der Waals surface area contributed by atoms with Gasteiger partial charge in [-0.05, 0) is 66.2 Å². The Balaban J connectivity index is 1.26. The lowest BCUT2D eigenvalue weighted by Gasteiger charge is -2.17. The highest BCUT2D eigenvalue weighted by Crippen LogP contribution is 2.34. The lowest BCUT2D eigenvalue weighted by molar-refractivity contribution is 0.0996. The monoisotopic (exact) mass is 462 g/mol. The van der Waals surface area contributed by atoms with Crippen LogP contribution >= 0.6 is 0 Å². The zero-order valence-corrected chi connectivity index (χ0v) is 18.5. The largest absolute Gasteiger partial charge is 0.457 e. The second-order valence-electron chi connectivity index (χ2n) is 8.19. The van der Waals surface area contributed by atoms with E-state index in [9.17, 15) is 9.18 Å². The van der Waals surface area contributed by atoms with Crippen molar-refractivity contribution in [1.82, 2.24) is 9.97 Å². The maximum Gasteiger partial charge on any atom is 0.259 e. The summed E-state index contributed by atoms with van der Waals surface area (Å²) in [5.74, 6) is 0.892. The summed E-state index contributed by atoms with van der Waals surface area (Å²) in [4.78, 5) is 23.3. The molecule has 1 N–H and O–H groups in total. The highest BCUT2D eigenvalue weighted by molar-refractivity contribution is 6.10. The zero-order chi connectivity index (χ0) is 23.8. The summed E-state index contributed by atoms with van der Waals surface area (Å²) >= 11 is 0. The first kappa shape index (κ1) is 20.8. The molecule has 2 aromatic heterocycles. The van der Waals surface area contributed by atoms with Crippen molar-refractivity contribution < 1.29 is 13.9 Å². The number of fused-ring (bicyclic) bond motifs is 2.